The van der Waals surface area contributed by atoms with Crippen LogP contribution in [0.1, 0.15) is 6.42 Å². The van der Waals surface area contributed by atoms with E-state index in [1.165, 1.54) is 0 Å². The Morgan fingerprint density at radius 2 is 2.31 bits per heavy atom. The summed E-state index contributed by atoms with van der Waals surface area (Å²) in [5.41, 5.74) is 4.90. The lowest BCUT2D eigenvalue weighted by Gasteiger charge is -2.09. The summed E-state index contributed by atoms with van der Waals surface area (Å²) in [6, 6.07) is 0. The zero-order valence-corrected chi connectivity index (χ0v) is 7.75. The summed E-state index contributed by atoms with van der Waals surface area (Å²) in [6.45, 7) is 1.65. The molecule has 1 fully saturated rings. The number of amides is 2. The molecular formula is C8H15N3O2. The maximum atomic E-state index is 11.3. The molecule has 1 rings (SSSR count). The minimum absolute atomic E-state index is 0.0179. The van der Waals surface area contributed by atoms with E-state index in [9.17, 15) is 9.59 Å². The van der Waals surface area contributed by atoms with Crippen LogP contribution >= 0.6 is 0 Å². The average Bonchev–Trinajstić information content (AvgIpc) is 2.47. The Labute approximate surface area is 77.3 Å². The average molecular weight is 185 g/mol. The molecule has 0 bridgehead atoms. The van der Waals surface area contributed by atoms with Crippen molar-refractivity contribution in [1.82, 2.24) is 10.2 Å². The first-order chi connectivity index (χ1) is 6.09. The predicted molar refractivity (Wildman–Crippen MR) is 47.8 cm³/mol. The summed E-state index contributed by atoms with van der Waals surface area (Å²) in [5, 5.41) is 2.50. The Hall–Kier alpha value is -1.10. The lowest BCUT2D eigenvalue weighted by Crippen LogP contribution is -2.37. The van der Waals surface area contributed by atoms with Crippen molar-refractivity contribution in [2.75, 3.05) is 26.7 Å². The van der Waals surface area contributed by atoms with Gasteiger partial charge in [0.05, 0.1) is 12.5 Å². The van der Waals surface area contributed by atoms with Gasteiger partial charge in [-0.1, -0.05) is 0 Å². The highest BCUT2D eigenvalue weighted by atomic mass is 16.2. The zero-order chi connectivity index (χ0) is 9.84. The van der Waals surface area contributed by atoms with E-state index in [4.69, 9.17) is 5.73 Å². The molecule has 2 amide bonds. The molecule has 74 valence electrons. The molecule has 0 aromatic heterocycles. The van der Waals surface area contributed by atoms with Crippen LogP contribution < -0.4 is 11.1 Å². The van der Waals surface area contributed by atoms with Crippen LogP contribution in [0.4, 0.5) is 0 Å². The van der Waals surface area contributed by atoms with Gasteiger partial charge in [0.15, 0.2) is 0 Å². The number of nitrogens with zero attached hydrogens (tertiary/aromatic N) is 1. The van der Waals surface area contributed by atoms with Gasteiger partial charge in [-0.15, -0.1) is 0 Å². The fourth-order valence-corrected chi connectivity index (χ4v) is 1.47. The molecular weight excluding hydrogens is 170 g/mol. The van der Waals surface area contributed by atoms with E-state index in [1.54, 1.807) is 0 Å². The third kappa shape index (κ3) is 3.02. The highest BCUT2D eigenvalue weighted by molar-refractivity contribution is 5.85. The minimum atomic E-state index is -0.500. The van der Waals surface area contributed by atoms with E-state index in [0.29, 0.717) is 0 Å². The molecule has 13 heavy (non-hydrogen) atoms. The standard InChI is InChI=1S/C8H15N3O2/c1-11-3-2-6(5-11)8(13)10-4-7(9)12/h6H,2-5H2,1H3,(H2,9,12)(H,10,13). The van der Waals surface area contributed by atoms with Gasteiger partial charge in [-0.3, -0.25) is 9.59 Å². The minimum Gasteiger partial charge on any atom is -0.368 e. The Balaban J connectivity index is 2.27. The number of carbonyl (C=O) groups excluding carboxylic acids is 2. The zero-order valence-electron chi connectivity index (χ0n) is 7.75. The summed E-state index contributed by atoms with van der Waals surface area (Å²) >= 11 is 0. The maximum absolute atomic E-state index is 11.3. The molecule has 1 unspecified atom stereocenters. The van der Waals surface area contributed by atoms with E-state index in [0.717, 1.165) is 19.5 Å². The second-order valence-electron chi connectivity index (χ2n) is 3.43. The van der Waals surface area contributed by atoms with E-state index in [1.807, 2.05) is 7.05 Å². The van der Waals surface area contributed by atoms with Crippen molar-refractivity contribution in [3.05, 3.63) is 0 Å². The summed E-state index contributed by atoms with van der Waals surface area (Å²) in [6.07, 6.45) is 0.862. The van der Waals surface area contributed by atoms with Gasteiger partial charge >= 0.3 is 0 Å². The highest BCUT2D eigenvalue weighted by Crippen LogP contribution is 2.13. The van der Waals surface area contributed by atoms with Gasteiger partial charge in [-0.25, -0.2) is 0 Å². The van der Waals surface area contributed by atoms with Crippen molar-refractivity contribution < 1.29 is 9.59 Å². The molecule has 5 nitrogen and oxygen atoms in total. The Morgan fingerprint density at radius 3 is 2.77 bits per heavy atom. The summed E-state index contributed by atoms with van der Waals surface area (Å²) < 4.78 is 0. The van der Waals surface area contributed by atoms with Crippen LogP contribution in [-0.2, 0) is 9.59 Å². The van der Waals surface area contributed by atoms with Gasteiger partial charge in [0.2, 0.25) is 11.8 Å². The number of carbonyl (C=O) groups is 2. The van der Waals surface area contributed by atoms with Crippen LogP contribution in [0.5, 0.6) is 0 Å². The third-order valence-electron chi connectivity index (χ3n) is 2.20. The van der Waals surface area contributed by atoms with Crippen LogP contribution in [0, 0.1) is 5.92 Å². The van der Waals surface area contributed by atoms with Crippen molar-refractivity contribution in [2.24, 2.45) is 11.7 Å². The van der Waals surface area contributed by atoms with E-state index < -0.39 is 5.91 Å². The Kier molecular flexibility index (Phi) is 3.25. The normalized spacial score (nSPS) is 23.0. The van der Waals surface area contributed by atoms with Crippen LogP contribution in [0.15, 0.2) is 0 Å². The lowest BCUT2D eigenvalue weighted by atomic mass is 10.1. The van der Waals surface area contributed by atoms with Crippen molar-refractivity contribution in [3.8, 4) is 0 Å². The van der Waals surface area contributed by atoms with E-state index >= 15 is 0 Å². The number of rotatable bonds is 3. The van der Waals surface area contributed by atoms with Gasteiger partial charge in [0.25, 0.3) is 0 Å². The first-order valence-electron chi connectivity index (χ1n) is 4.34. The van der Waals surface area contributed by atoms with Crippen LogP contribution in [-0.4, -0.2) is 43.4 Å². The molecule has 0 spiro atoms. The second-order valence-corrected chi connectivity index (χ2v) is 3.43. The lowest BCUT2D eigenvalue weighted by molar-refractivity contribution is -0.127. The summed E-state index contributed by atoms with van der Waals surface area (Å²) in [5.74, 6) is -0.549. The van der Waals surface area contributed by atoms with Crippen molar-refractivity contribution >= 4 is 11.8 Å². The molecule has 0 saturated carbocycles. The van der Waals surface area contributed by atoms with Gasteiger partial charge in [0, 0.05) is 6.54 Å². The van der Waals surface area contributed by atoms with Gasteiger partial charge in [0.1, 0.15) is 0 Å². The molecule has 1 aliphatic heterocycles. The molecule has 1 atom stereocenters. The van der Waals surface area contributed by atoms with Gasteiger partial charge < -0.3 is 16.0 Å². The number of hydrogen-bond donors (Lipinski definition) is 2. The quantitative estimate of drug-likeness (QED) is 0.564. The fraction of sp³-hybridized carbons (Fsp3) is 0.750. The van der Waals surface area contributed by atoms with E-state index in [-0.39, 0.29) is 18.4 Å². The molecule has 0 aromatic rings. The van der Waals surface area contributed by atoms with Crippen LogP contribution in [0.3, 0.4) is 0 Å². The topological polar surface area (TPSA) is 75.4 Å². The molecule has 0 aliphatic carbocycles. The van der Waals surface area contributed by atoms with Gasteiger partial charge in [-0.2, -0.15) is 0 Å². The second kappa shape index (κ2) is 4.23. The largest absolute Gasteiger partial charge is 0.368 e. The first kappa shape index (κ1) is 9.98. The molecule has 1 heterocycles. The number of nitrogens with one attached hydrogen (secondary N) is 1. The Bertz CT molecular complexity index is 217. The van der Waals surface area contributed by atoms with Crippen molar-refractivity contribution in [3.63, 3.8) is 0 Å². The maximum Gasteiger partial charge on any atom is 0.236 e. The molecule has 5 heteroatoms. The third-order valence-corrected chi connectivity index (χ3v) is 2.20. The first-order valence-corrected chi connectivity index (χ1v) is 4.34. The number of primary amides is 1. The number of hydrogen-bond acceptors (Lipinski definition) is 3. The number of likely N-dealkylation sites (tertiary alicyclic amines) is 1. The van der Waals surface area contributed by atoms with Gasteiger partial charge in [-0.05, 0) is 20.0 Å². The molecule has 0 radical (unpaired) electrons. The molecule has 1 aliphatic rings. The predicted octanol–water partition coefficient (Wildman–Crippen LogP) is -1.46. The molecule has 0 aromatic carbocycles. The Morgan fingerprint density at radius 1 is 1.62 bits per heavy atom. The molecule has 1 saturated heterocycles. The van der Waals surface area contributed by atoms with Crippen molar-refractivity contribution in [2.45, 2.75) is 6.42 Å². The fourth-order valence-electron chi connectivity index (χ4n) is 1.47. The summed E-state index contributed by atoms with van der Waals surface area (Å²) in [7, 11) is 1.97. The smallest absolute Gasteiger partial charge is 0.236 e. The van der Waals surface area contributed by atoms with Crippen LogP contribution in [0.2, 0.25) is 0 Å². The van der Waals surface area contributed by atoms with Crippen molar-refractivity contribution in [1.29, 1.82) is 0 Å². The highest BCUT2D eigenvalue weighted by Gasteiger charge is 2.25. The summed E-state index contributed by atoms with van der Waals surface area (Å²) in [4.78, 5) is 23.8. The SMILES string of the molecule is CN1CCC(C(=O)NCC(N)=O)C1. The number of nitrogens with two attached hydrogens (primary N) is 1. The van der Waals surface area contributed by atoms with Crippen LogP contribution in [0.25, 0.3) is 0 Å². The molecule has 3 N–H and O–H groups in total. The monoisotopic (exact) mass is 185 g/mol. The van der Waals surface area contributed by atoms with E-state index in [2.05, 4.69) is 10.2 Å².